The van der Waals surface area contributed by atoms with Crippen molar-refractivity contribution >= 4 is 29.1 Å². The highest BCUT2D eigenvalue weighted by Gasteiger charge is 2.09. The number of aromatic nitrogens is 4. The van der Waals surface area contributed by atoms with Crippen LogP contribution in [0.15, 0.2) is 15.4 Å². The van der Waals surface area contributed by atoms with Crippen LogP contribution in [0.5, 0.6) is 0 Å². The van der Waals surface area contributed by atoms with Crippen LogP contribution in [0.2, 0.25) is 0 Å². The molecule has 9 heteroatoms. The molecule has 0 spiro atoms. The smallest absolute Gasteiger partial charge is 0.176 e. The Labute approximate surface area is 125 Å². The summed E-state index contributed by atoms with van der Waals surface area (Å²) in [6.07, 6.45) is 0.825. The van der Waals surface area contributed by atoms with Gasteiger partial charge in [0.2, 0.25) is 0 Å². The van der Waals surface area contributed by atoms with Gasteiger partial charge < -0.3 is 10.2 Å². The molecule has 0 fully saturated rings. The van der Waals surface area contributed by atoms with Gasteiger partial charge in [0, 0.05) is 19.1 Å². The number of nitrogens with one attached hydrogen (secondary N) is 1. The lowest BCUT2D eigenvalue weighted by atomic mass is 10.5. The molecule has 0 aliphatic rings. The molecule has 0 aliphatic carbocycles. The summed E-state index contributed by atoms with van der Waals surface area (Å²) in [6, 6.07) is 1.77. The van der Waals surface area contributed by atoms with Gasteiger partial charge in [-0.3, -0.25) is 0 Å². The van der Waals surface area contributed by atoms with Crippen molar-refractivity contribution in [3.63, 3.8) is 0 Å². The van der Waals surface area contributed by atoms with Crippen LogP contribution < -0.4 is 11.3 Å². The topological polar surface area (TPSA) is 98.8 Å². The molecule has 0 bridgehead atoms. The Morgan fingerprint density at radius 2 is 2.15 bits per heavy atom. The van der Waals surface area contributed by atoms with Gasteiger partial charge in [-0.25, -0.2) is 20.8 Å². The maximum atomic E-state index is 5.42. The van der Waals surface area contributed by atoms with E-state index < -0.39 is 0 Å². The van der Waals surface area contributed by atoms with E-state index in [9.17, 15) is 0 Å². The van der Waals surface area contributed by atoms with E-state index in [0.717, 1.165) is 21.6 Å². The molecule has 108 valence electrons. The quantitative estimate of drug-likeness (QED) is 0.454. The number of hydrogen-bond acceptors (Lipinski definition) is 9. The van der Waals surface area contributed by atoms with Gasteiger partial charge in [0.1, 0.15) is 23.3 Å². The van der Waals surface area contributed by atoms with Crippen molar-refractivity contribution in [1.82, 2.24) is 19.3 Å². The first-order valence-electron chi connectivity index (χ1n) is 6.17. The highest BCUT2D eigenvalue weighted by Crippen LogP contribution is 2.28. The van der Waals surface area contributed by atoms with Crippen molar-refractivity contribution in [3.8, 4) is 0 Å². The third-order valence-electron chi connectivity index (χ3n) is 2.29. The third-order valence-corrected chi connectivity index (χ3v) is 4.00. The molecular formula is C11H16N6OS2. The average Bonchev–Trinajstić information content (AvgIpc) is 2.92. The number of hydrazine groups is 1. The minimum Gasteiger partial charge on any atom is -0.374 e. The number of nitrogens with zero attached hydrogens (tertiary/aromatic N) is 4. The lowest BCUT2D eigenvalue weighted by molar-refractivity contribution is 0.128. The predicted octanol–water partition coefficient (Wildman–Crippen LogP) is 1.86. The summed E-state index contributed by atoms with van der Waals surface area (Å²) in [7, 11) is 0. The first-order valence-corrected chi connectivity index (χ1v) is 7.76. The molecule has 3 N–H and O–H groups in total. The fraction of sp³-hybridized carbons (Fsp3) is 0.455. The molecule has 2 aromatic rings. The fourth-order valence-electron chi connectivity index (χ4n) is 1.37. The Morgan fingerprint density at radius 3 is 2.80 bits per heavy atom. The molecule has 0 amide bonds. The molecule has 0 atom stereocenters. The van der Waals surface area contributed by atoms with Crippen molar-refractivity contribution < 1.29 is 4.74 Å². The maximum absolute atomic E-state index is 5.42. The average molecular weight is 312 g/mol. The second kappa shape index (κ2) is 7.48. The normalized spacial score (nSPS) is 10.8. The SMILES string of the molecule is CCOCc1nc(NN)cc(Sc2nc(CC)ns2)n1. The van der Waals surface area contributed by atoms with E-state index in [4.69, 9.17) is 10.6 Å². The first kappa shape index (κ1) is 15.1. The van der Waals surface area contributed by atoms with E-state index >= 15 is 0 Å². The van der Waals surface area contributed by atoms with Crippen LogP contribution in [0, 0.1) is 0 Å². The van der Waals surface area contributed by atoms with E-state index in [0.29, 0.717) is 24.9 Å². The summed E-state index contributed by atoms with van der Waals surface area (Å²) in [5, 5.41) is 0.765. The van der Waals surface area contributed by atoms with Gasteiger partial charge in [0.25, 0.3) is 0 Å². The molecule has 0 radical (unpaired) electrons. The Morgan fingerprint density at radius 1 is 1.30 bits per heavy atom. The van der Waals surface area contributed by atoms with Crippen molar-refractivity contribution in [1.29, 1.82) is 0 Å². The summed E-state index contributed by atoms with van der Waals surface area (Å²) in [6.45, 7) is 4.92. The summed E-state index contributed by atoms with van der Waals surface area (Å²) >= 11 is 2.81. The second-order valence-corrected chi connectivity index (χ2v) is 5.74. The van der Waals surface area contributed by atoms with Crippen molar-refractivity contribution in [2.24, 2.45) is 5.84 Å². The zero-order valence-corrected chi connectivity index (χ0v) is 12.9. The highest BCUT2D eigenvalue weighted by molar-refractivity contribution is 8.00. The molecule has 0 aliphatic heterocycles. The highest BCUT2D eigenvalue weighted by atomic mass is 32.2. The molecule has 2 rings (SSSR count). The zero-order chi connectivity index (χ0) is 14.4. The summed E-state index contributed by atoms with van der Waals surface area (Å²) in [4.78, 5) is 13.1. The molecule has 0 aromatic carbocycles. The van der Waals surface area contributed by atoms with Crippen molar-refractivity contribution in [3.05, 3.63) is 17.7 Å². The third kappa shape index (κ3) is 4.10. The van der Waals surface area contributed by atoms with Crippen LogP contribution in [-0.4, -0.2) is 25.9 Å². The van der Waals surface area contributed by atoms with Crippen LogP contribution >= 0.6 is 23.3 Å². The lowest BCUT2D eigenvalue weighted by Crippen LogP contribution is -2.11. The van der Waals surface area contributed by atoms with E-state index in [1.165, 1.54) is 23.3 Å². The van der Waals surface area contributed by atoms with Crippen molar-refractivity contribution in [2.75, 3.05) is 12.0 Å². The lowest BCUT2D eigenvalue weighted by Gasteiger charge is -2.06. The van der Waals surface area contributed by atoms with Crippen LogP contribution in [-0.2, 0) is 17.8 Å². The number of hydrogen-bond donors (Lipinski definition) is 2. The molecular weight excluding hydrogens is 296 g/mol. The molecule has 7 nitrogen and oxygen atoms in total. The predicted molar refractivity (Wildman–Crippen MR) is 78.6 cm³/mol. The van der Waals surface area contributed by atoms with Crippen LogP contribution in [0.4, 0.5) is 5.82 Å². The van der Waals surface area contributed by atoms with Gasteiger partial charge >= 0.3 is 0 Å². The zero-order valence-electron chi connectivity index (χ0n) is 11.3. The number of aryl methyl sites for hydroxylation is 1. The Hall–Kier alpha value is -1.29. The Kier molecular flexibility index (Phi) is 5.65. The molecule has 2 heterocycles. The van der Waals surface area contributed by atoms with Gasteiger partial charge in [0.05, 0.1) is 0 Å². The number of nitrogen functional groups attached to an aromatic ring is 1. The van der Waals surface area contributed by atoms with Crippen LogP contribution in [0.1, 0.15) is 25.5 Å². The largest absolute Gasteiger partial charge is 0.374 e. The Bertz CT molecular complexity index is 562. The van der Waals surface area contributed by atoms with Gasteiger partial charge in [0.15, 0.2) is 10.2 Å². The van der Waals surface area contributed by atoms with E-state index in [-0.39, 0.29) is 0 Å². The van der Waals surface area contributed by atoms with Gasteiger partial charge in [-0.1, -0.05) is 6.92 Å². The van der Waals surface area contributed by atoms with E-state index in [1.54, 1.807) is 6.07 Å². The fourth-order valence-corrected chi connectivity index (χ4v) is 3.04. The molecule has 0 saturated carbocycles. The molecule has 20 heavy (non-hydrogen) atoms. The minimum atomic E-state index is 0.357. The number of anilines is 1. The van der Waals surface area contributed by atoms with Gasteiger partial charge in [-0.2, -0.15) is 4.37 Å². The Balaban J connectivity index is 2.16. The van der Waals surface area contributed by atoms with Gasteiger partial charge in [-0.15, -0.1) is 0 Å². The minimum absolute atomic E-state index is 0.357. The van der Waals surface area contributed by atoms with Crippen molar-refractivity contribution in [2.45, 2.75) is 36.2 Å². The maximum Gasteiger partial charge on any atom is 0.176 e. The molecule has 0 unspecified atom stereocenters. The standard InChI is InChI=1S/C11H16N6OS2/c1-3-7-15-11(20-17-7)19-10-5-8(16-12)13-9(14-10)6-18-4-2/h5H,3-4,6,12H2,1-2H3,(H,13,14,16). The summed E-state index contributed by atoms with van der Waals surface area (Å²) < 4.78 is 10.4. The summed E-state index contributed by atoms with van der Waals surface area (Å²) in [5.74, 6) is 7.41. The van der Waals surface area contributed by atoms with Gasteiger partial charge in [-0.05, 0) is 30.2 Å². The second-order valence-electron chi connectivity index (χ2n) is 3.72. The first-order chi connectivity index (χ1) is 9.75. The van der Waals surface area contributed by atoms with E-state index in [1.807, 2.05) is 13.8 Å². The number of ether oxygens (including phenoxy) is 1. The monoisotopic (exact) mass is 312 g/mol. The van der Waals surface area contributed by atoms with Crippen LogP contribution in [0.3, 0.4) is 0 Å². The van der Waals surface area contributed by atoms with E-state index in [2.05, 4.69) is 24.8 Å². The number of rotatable bonds is 7. The summed E-state index contributed by atoms with van der Waals surface area (Å²) in [5.41, 5.74) is 2.53. The molecule has 0 saturated heterocycles. The number of nitrogens with two attached hydrogens (primary N) is 1. The van der Waals surface area contributed by atoms with Crippen LogP contribution in [0.25, 0.3) is 0 Å². The molecule has 2 aromatic heterocycles.